The van der Waals surface area contributed by atoms with E-state index in [9.17, 15) is 4.79 Å². The van der Waals surface area contributed by atoms with Gasteiger partial charge in [-0.25, -0.2) is 0 Å². The van der Waals surface area contributed by atoms with Gasteiger partial charge in [-0.1, -0.05) is 18.2 Å². The van der Waals surface area contributed by atoms with Crippen molar-refractivity contribution in [1.29, 1.82) is 5.26 Å². The van der Waals surface area contributed by atoms with Gasteiger partial charge in [0.25, 0.3) is 0 Å². The Labute approximate surface area is 108 Å². The molecule has 1 aliphatic rings. The van der Waals surface area contributed by atoms with Crippen molar-refractivity contribution in [3.63, 3.8) is 0 Å². The Hall–Kier alpha value is -1.82. The third-order valence-corrected chi connectivity index (χ3v) is 3.65. The monoisotopic (exact) mass is 242 g/mol. The molecule has 94 valence electrons. The summed E-state index contributed by atoms with van der Waals surface area (Å²) in [6.45, 7) is 5.54. The number of benzene rings is 1. The summed E-state index contributed by atoms with van der Waals surface area (Å²) in [4.78, 5) is 13.8. The number of nitrogens with zero attached hydrogens (tertiary/aromatic N) is 2. The molecule has 3 heteroatoms. The molecule has 1 aromatic rings. The topological polar surface area (TPSA) is 44.1 Å². The summed E-state index contributed by atoms with van der Waals surface area (Å²) in [6, 6.07) is 8.50. The summed E-state index contributed by atoms with van der Waals surface area (Å²) in [5.41, 5.74) is 3.70. The third kappa shape index (κ3) is 2.70. The number of rotatable bonds is 2. The first kappa shape index (κ1) is 12.6. The van der Waals surface area contributed by atoms with E-state index in [4.69, 9.17) is 5.26 Å². The molecule has 2 rings (SSSR count). The van der Waals surface area contributed by atoms with Crippen LogP contribution < -0.4 is 0 Å². The number of carbonyl (C=O) groups is 1. The van der Waals surface area contributed by atoms with Gasteiger partial charge in [-0.3, -0.25) is 4.79 Å². The lowest BCUT2D eigenvalue weighted by atomic mass is 9.97. The minimum atomic E-state index is -0.0893. The number of aryl methyl sites for hydroxylation is 2. The summed E-state index contributed by atoms with van der Waals surface area (Å²) in [5, 5.41) is 8.83. The second kappa shape index (κ2) is 5.22. The quantitative estimate of drug-likeness (QED) is 0.800. The molecule has 0 aromatic heterocycles. The molecule has 0 saturated carbocycles. The van der Waals surface area contributed by atoms with E-state index in [2.05, 4.69) is 38.1 Å². The van der Waals surface area contributed by atoms with Gasteiger partial charge in [-0.05, 0) is 37.0 Å². The average molecular weight is 242 g/mol. The van der Waals surface area contributed by atoms with E-state index < -0.39 is 0 Å². The molecule has 1 unspecified atom stereocenters. The molecule has 0 aliphatic carbocycles. The van der Waals surface area contributed by atoms with E-state index in [1.807, 2.05) is 4.90 Å². The van der Waals surface area contributed by atoms with E-state index in [0.29, 0.717) is 19.5 Å². The van der Waals surface area contributed by atoms with Crippen molar-refractivity contribution in [2.75, 3.05) is 6.54 Å². The number of hydrogen-bond donors (Lipinski definition) is 0. The van der Waals surface area contributed by atoms with Crippen LogP contribution in [0, 0.1) is 31.1 Å². The van der Waals surface area contributed by atoms with E-state index in [1.165, 1.54) is 16.7 Å². The Balaban J connectivity index is 2.04. The highest BCUT2D eigenvalue weighted by atomic mass is 16.2. The summed E-state index contributed by atoms with van der Waals surface area (Å²) in [5.74, 6) is 0.0135. The first-order chi connectivity index (χ1) is 8.60. The second-order valence-electron chi connectivity index (χ2n) is 5.05. The smallest absolute Gasteiger partial charge is 0.224 e. The van der Waals surface area contributed by atoms with Gasteiger partial charge in [0.15, 0.2) is 0 Å². The number of likely N-dealkylation sites (tertiary alicyclic amines) is 1. The summed E-state index contributed by atoms with van der Waals surface area (Å²) >= 11 is 0. The van der Waals surface area contributed by atoms with Crippen LogP contribution in [0.3, 0.4) is 0 Å². The number of nitriles is 1. The zero-order valence-corrected chi connectivity index (χ0v) is 10.9. The minimum Gasteiger partial charge on any atom is -0.338 e. The summed E-state index contributed by atoms with van der Waals surface area (Å²) < 4.78 is 0. The van der Waals surface area contributed by atoms with Gasteiger partial charge in [0.1, 0.15) is 0 Å². The van der Waals surface area contributed by atoms with Gasteiger partial charge < -0.3 is 4.90 Å². The average Bonchev–Trinajstić information content (AvgIpc) is 2.36. The molecule has 1 aliphatic heterocycles. The van der Waals surface area contributed by atoms with Crippen LogP contribution in [0.5, 0.6) is 0 Å². The van der Waals surface area contributed by atoms with Crippen molar-refractivity contribution < 1.29 is 4.79 Å². The zero-order chi connectivity index (χ0) is 13.1. The van der Waals surface area contributed by atoms with Crippen molar-refractivity contribution in [2.24, 2.45) is 5.92 Å². The van der Waals surface area contributed by atoms with E-state index >= 15 is 0 Å². The van der Waals surface area contributed by atoms with E-state index in [-0.39, 0.29) is 11.8 Å². The fourth-order valence-corrected chi connectivity index (χ4v) is 2.28. The van der Waals surface area contributed by atoms with Crippen LogP contribution in [0.4, 0.5) is 0 Å². The fourth-order valence-electron chi connectivity index (χ4n) is 2.28. The Morgan fingerprint density at radius 3 is 2.78 bits per heavy atom. The van der Waals surface area contributed by atoms with Gasteiger partial charge >= 0.3 is 0 Å². The Morgan fingerprint density at radius 1 is 1.39 bits per heavy atom. The van der Waals surface area contributed by atoms with Crippen LogP contribution in [-0.2, 0) is 11.3 Å². The number of hydrogen-bond acceptors (Lipinski definition) is 2. The molecule has 1 aromatic carbocycles. The highest BCUT2D eigenvalue weighted by Gasteiger charge is 2.25. The van der Waals surface area contributed by atoms with Crippen molar-refractivity contribution in [2.45, 2.75) is 33.2 Å². The molecule has 1 fully saturated rings. The van der Waals surface area contributed by atoms with E-state index in [0.717, 1.165) is 6.42 Å². The molecule has 1 heterocycles. The lowest BCUT2D eigenvalue weighted by Crippen LogP contribution is -2.37. The van der Waals surface area contributed by atoms with Crippen LogP contribution in [0.2, 0.25) is 0 Å². The minimum absolute atomic E-state index is 0.0893. The lowest BCUT2D eigenvalue weighted by Gasteiger charge is -2.29. The molecular weight excluding hydrogens is 224 g/mol. The number of piperidine rings is 1. The predicted molar refractivity (Wildman–Crippen MR) is 69.7 cm³/mol. The fraction of sp³-hybridized carbons (Fsp3) is 0.467. The molecule has 0 radical (unpaired) electrons. The van der Waals surface area contributed by atoms with Crippen LogP contribution in [-0.4, -0.2) is 17.4 Å². The van der Waals surface area contributed by atoms with Crippen molar-refractivity contribution >= 4 is 5.91 Å². The van der Waals surface area contributed by atoms with Crippen molar-refractivity contribution in [3.8, 4) is 6.07 Å². The standard InChI is InChI=1S/C15H18N2O/c1-11-3-4-14(7-12(11)2)10-17-6-5-13(9-16)8-15(17)18/h3-4,7,13H,5-6,8,10H2,1-2H3. The number of carbonyl (C=O) groups excluding carboxylic acids is 1. The predicted octanol–water partition coefficient (Wildman–Crippen LogP) is 2.57. The highest BCUT2D eigenvalue weighted by Crippen LogP contribution is 2.20. The van der Waals surface area contributed by atoms with Gasteiger partial charge in [-0.2, -0.15) is 5.26 Å². The van der Waals surface area contributed by atoms with Gasteiger partial charge in [0.2, 0.25) is 5.91 Å². The largest absolute Gasteiger partial charge is 0.338 e. The SMILES string of the molecule is Cc1ccc(CN2CCC(C#N)CC2=O)cc1C. The number of amides is 1. The molecule has 3 nitrogen and oxygen atoms in total. The van der Waals surface area contributed by atoms with Crippen molar-refractivity contribution in [3.05, 3.63) is 34.9 Å². The van der Waals surface area contributed by atoms with Gasteiger partial charge in [-0.15, -0.1) is 0 Å². The van der Waals surface area contributed by atoms with E-state index in [1.54, 1.807) is 0 Å². The first-order valence-electron chi connectivity index (χ1n) is 6.33. The first-order valence-corrected chi connectivity index (χ1v) is 6.33. The van der Waals surface area contributed by atoms with Crippen LogP contribution >= 0.6 is 0 Å². The maximum absolute atomic E-state index is 11.9. The molecule has 18 heavy (non-hydrogen) atoms. The lowest BCUT2D eigenvalue weighted by molar-refractivity contribution is -0.134. The molecular formula is C15H18N2O. The Kier molecular flexibility index (Phi) is 3.66. The van der Waals surface area contributed by atoms with Gasteiger partial charge in [0.05, 0.1) is 12.0 Å². The third-order valence-electron chi connectivity index (χ3n) is 3.65. The zero-order valence-electron chi connectivity index (χ0n) is 10.9. The Morgan fingerprint density at radius 2 is 2.17 bits per heavy atom. The maximum atomic E-state index is 11.9. The van der Waals surface area contributed by atoms with Crippen LogP contribution in [0.1, 0.15) is 29.5 Å². The van der Waals surface area contributed by atoms with Crippen LogP contribution in [0.25, 0.3) is 0 Å². The summed E-state index contributed by atoms with van der Waals surface area (Å²) in [6.07, 6.45) is 1.18. The summed E-state index contributed by atoms with van der Waals surface area (Å²) in [7, 11) is 0. The second-order valence-corrected chi connectivity index (χ2v) is 5.05. The van der Waals surface area contributed by atoms with Crippen LogP contribution in [0.15, 0.2) is 18.2 Å². The van der Waals surface area contributed by atoms with Gasteiger partial charge in [0, 0.05) is 19.5 Å². The normalized spacial score (nSPS) is 19.7. The highest BCUT2D eigenvalue weighted by molar-refractivity contribution is 5.77. The maximum Gasteiger partial charge on any atom is 0.224 e. The molecule has 1 atom stereocenters. The Bertz CT molecular complexity index is 502. The van der Waals surface area contributed by atoms with Crippen molar-refractivity contribution in [1.82, 2.24) is 4.90 Å². The molecule has 0 bridgehead atoms. The molecule has 0 N–H and O–H groups in total. The molecule has 0 spiro atoms. The molecule has 1 saturated heterocycles. The molecule has 1 amide bonds.